The Bertz CT molecular complexity index is 615. The van der Waals surface area contributed by atoms with E-state index in [0.29, 0.717) is 6.04 Å². The molecule has 1 aliphatic rings. The number of anilines is 1. The molecule has 0 N–H and O–H groups in total. The first kappa shape index (κ1) is 17.2. The lowest BCUT2D eigenvalue weighted by atomic mass is 10.0. The third-order valence-corrected chi connectivity index (χ3v) is 4.86. The van der Waals surface area contributed by atoms with Crippen molar-refractivity contribution in [2.45, 2.75) is 18.9 Å². The van der Waals surface area contributed by atoms with Crippen LogP contribution in [0.15, 0.2) is 47.2 Å². The van der Waals surface area contributed by atoms with Crippen molar-refractivity contribution in [3.8, 4) is 5.75 Å². The number of rotatable bonds is 6. The second-order valence-corrected chi connectivity index (χ2v) is 6.96. The average molecular weight is 391 g/mol. The van der Waals surface area contributed by atoms with Crippen molar-refractivity contribution in [1.82, 2.24) is 14.9 Å². The molecule has 0 aliphatic carbocycles. The van der Waals surface area contributed by atoms with Crippen LogP contribution in [-0.2, 0) is 0 Å². The average Bonchev–Trinajstić information content (AvgIpc) is 2.63. The first-order valence-corrected chi connectivity index (χ1v) is 9.12. The van der Waals surface area contributed by atoms with Gasteiger partial charge in [-0.25, -0.2) is 9.97 Å². The number of hydrogen-bond acceptors (Lipinski definition) is 5. The molecule has 1 aromatic carbocycles. The van der Waals surface area contributed by atoms with Gasteiger partial charge < -0.3 is 9.64 Å². The van der Waals surface area contributed by atoms with E-state index in [4.69, 9.17) is 4.74 Å². The number of benzene rings is 1. The fourth-order valence-corrected chi connectivity index (χ4v) is 3.20. The highest BCUT2D eigenvalue weighted by molar-refractivity contribution is 9.10. The summed E-state index contributed by atoms with van der Waals surface area (Å²) in [6.45, 7) is 3.88. The fraction of sp³-hybridized carbons (Fsp3) is 0.444. The van der Waals surface area contributed by atoms with Gasteiger partial charge in [0.1, 0.15) is 12.4 Å². The minimum absolute atomic E-state index is 0.498. The molecule has 0 unspecified atom stereocenters. The Balaban J connectivity index is 1.41. The van der Waals surface area contributed by atoms with Gasteiger partial charge in [0.25, 0.3) is 0 Å². The highest BCUT2D eigenvalue weighted by Crippen LogP contribution is 2.20. The van der Waals surface area contributed by atoms with Crippen LogP contribution < -0.4 is 9.64 Å². The van der Waals surface area contributed by atoms with Crippen LogP contribution >= 0.6 is 15.9 Å². The molecule has 0 saturated carbocycles. The van der Waals surface area contributed by atoms with E-state index in [1.165, 1.54) is 0 Å². The molecule has 0 radical (unpaired) electrons. The largest absolute Gasteiger partial charge is 0.492 e. The predicted octanol–water partition coefficient (Wildman–Crippen LogP) is 3.22. The number of aromatic nitrogens is 2. The van der Waals surface area contributed by atoms with Gasteiger partial charge in [0.2, 0.25) is 5.95 Å². The molecule has 1 aromatic heterocycles. The van der Waals surface area contributed by atoms with E-state index >= 15 is 0 Å². The van der Waals surface area contributed by atoms with Crippen LogP contribution in [0.1, 0.15) is 12.8 Å². The fourth-order valence-electron chi connectivity index (χ4n) is 2.99. The molecule has 2 heterocycles. The standard InChI is InChI=1S/C18H23BrN4O/c1-22(18-20-13-15(19)14-21-18)16-7-9-23(10-8-16)11-12-24-17-5-3-2-4-6-17/h2-6,13-14,16H,7-12H2,1H3. The van der Waals surface area contributed by atoms with Crippen LogP contribution in [-0.4, -0.2) is 54.2 Å². The molecule has 5 nitrogen and oxygen atoms in total. The number of piperidine rings is 1. The van der Waals surface area contributed by atoms with Gasteiger partial charge in [0, 0.05) is 45.1 Å². The maximum atomic E-state index is 5.79. The van der Waals surface area contributed by atoms with Crippen LogP contribution in [0.5, 0.6) is 5.75 Å². The second kappa shape index (κ2) is 8.44. The van der Waals surface area contributed by atoms with Gasteiger partial charge in [-0.15, -0.1) is 0 Å². The van der Waals surface area contributed by atoms with Gasteiger partial charge in [-0.2, -0.15) is 0 Å². The summed E-state index contributed by atoms with van der Waals surface area (Å²) in [6, 6.07) is 10.5. The summed E-state index contributed by atoms with van der Waals surface area (Å²) < 4.78 is 6.70. The summed E-state index contributed by atoms with van der Waals surface area (Å²) >= 11 is 3.38. The van der Waals surface area contributed by atoms with Gasteiger partial charge in [-0.1, -0.05) is 18.2 Å². The molecule has 128 valence electrons. The van der Waals surface area contributed by atoms with E-state index in [1.807, 2.05) is 30.3 Å². The Morgan fingerprint density at radius 3 is 2.50 bits per heavy atom. The number of para-hydroxylation sites is 1. The van der Waals surface area contributed by atoms with E-state index in [9.17, 15) is 0 Å². The molecule has 24 heavy (non-hydrogen) atoms. The van der Waals surface area contributed by atoms with Gasteiger partial charge in [-0.3, -0.25) is 4.90 Å². The quantitative estimate of drug-likeness (QED) is 0.757. The Kier molecular flexibility index (Phi) is 6.04. The minimum atomic E-state index is 0.498. The Labute approximate surface area is 151 Å². The van der Waals surface area contributed by atoms with Crippen molar-refractivity contribution < 1.29 is 4.74 Å². The van der Waals surface area contributed by atoms with Crippen molar-refractivity contribution >= 4 is 21.9 Å². The lowest BCUT2D eigenvalue weighted by Crippen LogP contribution is -2.45. The van der Waals surface area contributed by atoms with E-state index in [2.05, 4.69) is 42.7 Å². The molecule has 3 rings (SSSR count). The van der Waals surface area contributed by atoms with E-state index in [-0.39, 0.29) is 0 Å². The summed E-state index contributed by atoms with van der Waals surface area (Å²) in [5.41, 5.74) is 0. The summed E-state index contributed by atoms with van der Waals surface area (Å²) in [4.78, 5) is 13.4. The highest BCUT2D eigenvalue weighted by atomic mass is 79.9. The monoisotopic (exact) mass is 390 g/mol. The molecule has 1 fully saturated rings. The van der Waals surface area contributed by atoms with Gasteiger partial charge in [0.05, 0.1) is 4.47 Å². The SMILES string of the molecule is CN(c1ncc(Br)cn1)C1CCN(CCOc2ccccc2)CC1. The molecular formula is C18H23BrN4O. The first-order valence-electron chi connectivity index (χ1n) is 8.33. The number of halogens is 1. The van der Waals surface area contributed by atoms with Crippen molar-refractivity contribution in [2.75, 3.05) is 38.2 Å². The molecule has 0 bridgehead atoms. The second-order valence-electron chi connectivity index (χ2n) is 6.05. The zero-order chi connectivity index (χ0) is 16.8. The number of likely N-dealkylation sites (tertiary alicyclic amines) is 1. The summed E-state index contributed by atoms with van der Waals surface area (Å²) in [5, 5.41) is 0. The van der Waals surface area contributed by atoms with E-state index in [0.717, 1.165) is 55.3 Å². The minimum Gasteiger partial charge on any atom is -0.492 e. The molecular weight excluding hydrogens is 368 g/mol. The molecule has 0 atom stereocenters. The van der Waals surface area contributed by atoms with Crippen LogP contribution in [0.3, 0.4) is 0 Å². The Morgan fingerprint density at radius 1 is 1.17 bits per heavy atom. The van der Waals surface area contributed by atoms with Gasteiger partial charge in [0.15, 0.2) is 0 Å². The zero-order valence-corrected chi connectivity index (χ0v) is 15.5. The van der Waals surface area contributed by atoms with Gasteiger partial charge >= 0.3 is 0 Å². The smallest absolute Gasteiger partial charge is 0.225 e. The van der Waals surface area contributed by atoms with Crippen molar-refractivity contribution in [3.05, 3.63) is 47.2 Å². The highest BCUT2D eigenvalue weighted by Gasteiger charge is 2.23. The van der Waals surface area contributed by atoms with E-state index < -0.39 is 0 Å². The number of ether oxygens (including phenoxy) is 1. The lowest BCUT2D eigenvalue weighted by molar-refractivity contribution is 0.172. The molecule has 6 heteroatoms. The maximum absolute atomic E-state index is 5.79. The lowest BCUT2D eigenvalue weighted by Gasteiger charge is -2.36. The molecule has 1 saturated heterocycles. The zero-order valence-electron chi connectivity index (χ0n) is 13.9. The maximum Gasteiger partial charge on any atom is 0.225 e. The van der Waals surface area contributed by atoms with Crippen molar-refractivity contribution in [1.29, 1.82) is 0 Å². The van der Waals surface area contributed by atoms with Crippen molar-refractivity contribution in [3.63, 3.8) is 0 Å². The molecule has 0 amide bonds. The summed E-state index contributed by atoms with van der Waals surface area (Å²) in [6.07, 6.45) is 5.85. The molecule has 1 aliphatic heterocycles. The Morgan fingerprint density at radius 2 is 1.83 bits per heavy atom. The third kappa shape index (κ3) is 4.68. The van der Waals surface area contributed by atoms with Crippen LogP contribution in [0.2, 0.25) is 0 Å². The topological polar surface area (TPSA) is 41.5 Å². The van der Waals surface area contributed by atoms with Crippen LogP contribution in [0.25, 0.3) is 0 Å². The van der Waals surface area contributed by atoms with Crippen molar-refractivity contribution in [2.24, 2.45) is 0 Å². The van der Waals surface area contributed by atoms with Crippen LogP contribution in [0, 0.1) is 0 Å². The normalized spacial score (nSPS) is 16.1. The first-order chi connectivity index (χ1) is 11.7. The molecule has 0 spiro atoms. The number of hydrogen-bond donors (Lipinski definition) is 0. The third-order valence-electron chi connectivity index (χ3n) is 4.45. The Hall–Kier alpha value is -1.66. The number of nitrogens with zero attached hydrogens (tertiary/aromatic N) is 4. The van der Waals surface area contributed by atoms with Gasteiger partial charge in [-0.05, 0) is 40.9 Å². The summed E-state index contributed by atoms with van der Waals surface area (Å²) in [7, 11) is 2.09. The van der Waals surface area contributed by atoms with E-state index in [1.54, 1.807) is 12.4 Å². The van der Waals surface area contributed by atoms with Crippen LogP contribution in [0.4, 0.5) is 5.95 Å². The predicted molar refractivity (Wildman–Crippen MR) is 99.5 cm³/mol. The molecule has 2 aromatic rings. The summed E-state index contributed by atoms with van der Waals surface area (Å²) in [5.74, 6) is 1.74.